The normalized spacial score (nSPS) is 20.6. The van der Waals surface area contributed by atoms with Crippen molar-refractivity contribution in [2.24, 2.45) is 5.41 Å². The highest BCUT2D eigenvalue weighted by Crippen LogP contribution is 2.48. The summed E-state index contributed by atoms with van der Waals surface area (Å²) in [5.74, 6) is 0. The van der Waals surface area contributed by atoms with Crippen molar-refractivity contribution in [2.75, 3.05) is 13.2 Å². The van der Waals surface area contributed by atoms with Gasteiger partial charge in [0, 0.05) is 13.2 Å². The smallest absolute Gasteiger partial charge is 0.227 e. The van der Waals surface area contributed by atoms with Crippen LogP contribution in [0.3, 0.4) is 0 Å². The molecule has 5 nitrogen and oxygen atoms in total. The fraction of sp³-hybridized carbons (Fsp3) is 0.889. The van der Waals surface area contributed by atoms with E-state index in [1.165, 1.54) is 6.92 Å². The summed E-state index contributed by atoms with van der Waals surface area (Å²) in [6.45, 7) is 1.77. The molecule has 15 heavy (non-hydrogen) atoms. The van der Waals surface area contributed by atoms with Gasteiger partial charge in [-0.2, -0.15) is 5.26 Å². The van der Waals surface area contributed by atoms with E-state index < -0.39 is 15.3 Å². The summed E-state index contributed by atoms with van der Waals surface area (Å²) >= 11 is 0. The number of sulfonamides is 1. The van der Waals surface area contributed by atoms with Crippen LogP contribution in [0, 0.1) is 16.7 Å². The van der Waals surface area contributed by atoms with Gasteiger partial charge in [-0.05, 0) is 31.6 Å². The van der Waals surface area contributed by atoms with E-state index >= 15 is 0 Å². The Bertz CT molecular complexity index is 354. The van der Waals surface area contributed by atoms with Crippen LogP contribution in [0.4, 0.5) is 0 Å². The van der Waals surface area contributed by atoms with Crippen molar-refractivity contribution >= 4 is 10.0 Å². The zero-order valence-corrected chi connectivity index (χ0v) is 9.55. The van der Waals surface area contributed by atoms with Crippen LogP contribution in [0.5, 0.6) is 0 Å². The molecule has 0 amide bonds. The van der Waals surface area contributed by atoms with E-state index in [4.69, 9.17) is 10.4 Å². The highest BCUT2D eigenvalue weighted by atomic mass is 32.2. The van der Waals surface area contributed by atoms with E-state index in [2.05, 4.69) is 4.72 Å². The van der Waals surface area contributed by atoms with Gasteiger partial charge in [-0.3, -0.25) is 0 Å². The van der Waals surface area contributed by atoms with E-state index in [9.17, 15) is 8.42 Å². The van der Waals surface area contributed by atoms with Gasteiger partial charge < -0.3 is 5.11 Å². The number of nitriles is 1. The predicted octanol–water partition coefficient (Wildman–Crippen LogP) is -0.0195. The van der Waals surface area contributed by atoms with Crippen LogP contribution in [0.2, 0.25) is 0 Å². The molecule has 0 bridgehead atoms. The van der Waals surface area contributed by atoms with Gasteiger partial charge in [-0.1, -0.05) is 0 Å². The third kappa shape index (κ3) is 3.16. The van der Waals surface area contributed by atoms with E-state index in [1.54, 1.807) is 6.07 Å². The first-order valence-electron chi connectivity index (χ1n) is 4.95. The Morgan fingerprint density at radius 3 is 2.60 bits per heavy atom. The molecule has 1 aliphatic carbocycles. The lowest BCUT2D eigenvalue weighted by molar-refractivity contribution is 0.249. The zero-order chi connectivity index (χ0) is 11.5. The van der Waals surface area contributed by atoms with Crippen LogP contribution in [0.15, 0.2) is 0 Å². The Kier molecular flexibility index (Phi) is 3.71. The summed E-state index contributed by atoms with van der Waals surface area (Å²) in [6, 6.07) is 1.69. The number of hydrogen-bond acceptors (Lipinski definition) is 4. The number of nitrogens with one attached hydrogen (secondary N) is 1. The second kappa shape index (κ2) is 4.47. The molecule has 1 unspecified atom stereocenters. The largest absolute Gasteiger partial charge is 0.396 e. The van der Waals surface area contributed by atoms with Gasteiger partial charge in [0.1, 0.15) is 0 Å². The minimum Gasteiger partial charge on any atom is -0.396 e. The van der Waals surface area contributed by atoms with Crippen molar-refractivity contribution in [1.29, 1.82) is 5.26 Å². The van der Waals surface area contributed by atoms with Crippen molar-refractivity contribution in [3.8, 4) is 6.07 Å². The molecule has 6 heteroatoms. The van der Waals surface area contributed by atoms with Gasteiger partial charge in [-0.25, -0.2) is 13.1 Å². The number of aliphatic hydroxyl groups excluding tert-OH is 1. The monoisotopic (exact) mass is 232 g/mol. The Labute approximate surface area is 90.2 Å². The maximum atomic E-state index is 11.4. The maximum Gasteiger partial charge on any atom is 0.227 e. The summed E-state index contributed by atoms with van der Waals surface area (Å²) in [4.78, 5) is 0. The molecule has 1 saturated carbocycles. The van der Waals surface area contributed by atoms with Gasteiger partial charge >= 0.3 is 0 Å². The Hall–Kier alpha value is -0.640. The number of rotatable bonds is 6. The van der Waals surface area contributed by atoms with Crippen LogP contribution in [0.25, 0.3) is 0 Å². The van der Waals surface area contributed by atoms with Crippen LogP contribution in [-0.4, -0.2) is 31.9 Å². The van der Waals surface area contributed by atoms with Crippen molar-refractivity contribution < 1.29 is 13.5 Å². The molecule has 86 valence electrons. The molecule has 0 saturated heterocycles. The molecule has 0 heterocycles. The summed E-state index contributed by atoms with van der Waals surface area (Å²) in [5, 5.41) is 16.3. The third-order valence-corrected chi connectivity index (χ3v) is 4.48. The maximum absolute atomic E-state index is 11.4. The lowest BCUT2D eigenvalue weighted by atomic mass is 10.0. The van der Waals surface area contributed by atoms with E-state index in [0.717, 1.165) is 12.8 Å². The topological polar surface area (TPSA) is 90.2 Å². The van der Waals surface area contributed by atoms with Crippen molar-refractivity contribution in [3.63, 3.8) is 0 Å². The molecular formula is C9H16N2O3S. The summed E-state index contributed by atoms with van der Waals surface area (Å²) in [7, 11) is -3.51. The lowest BCUT2D eigenvalue weighted by Crippen LogP contribution is -2.36. The highest BCUT2D eigenvalue weighted by Gasteiger charge is 2.42. The predicted molar refractivity (Wildman–Crippen MR) is 55.4 cm³/mol. The number of hydrogen-bond donors (Lipinski definition) is 2. The van der Waals surface area contributed by atoms with Crippen molar-refractivity contribution in [2.45, 2.75) is 31.4 Å². The van der Waals surface area contributed by atoms with Gasteiger partial charge in [0.25, 0.3) is 0 Å². The quantitative estimate of drug-likeness (QED) is 0.673. The Morgan fingerprint density at radius 2 is 2.20 bits per heavy atom. The van der Waals surface area contributed by atoms with E-state index in [-0.39, 0.29) is 12.0 Å². The van der Waals surface area contributed by atoms with Crippen LogP contribution in [-0.2, 0) is 10.0 Å². The minimum atomic E-state index is -3.51. The molecule has 0 aromatic heterocycles. The Balaban J connectivity index is 2.47. The molecule has 1 fully saturated rings. The SMILES string of the molecule is CC(C#N)S(=O)(=O)NCC1(CCO)CC1. The standard InChI is InChI=1S/C9H16N2O3S/c1-8(6-10)15(13,14)11-7-9(2-3-9)4-5-12/h8,11-12H,2-5,7H2,1H3. The average molecular weight is 232 g/mol. The third-order valence-electron chi connectivity index (χ3n) is 2.89. The van der Waals surface area contributed by atoms with Gasteiger partial charge in [0.15, 0.2) is 5.25 Å². The van der Waals surface area contributed by atoms with Gasteiger partial charge in [0.2, 0.25) is 10.0 Å². The summed E-state index contributed by atoms with van der Waals surface area (Å²) in [6.07, 6.45) is 2.50. The highest BCUT2D eigenvalue weighted by molar-refractivity contribution is 7.90. The lowest BCUT2D eigenvalue weighted by Gasteiger charge is -2.15. The molecular weight excluding hydrogens is 216 g/mol. The molecule has 0 aromatic rings. The molecule has 1 atom stereocenters. The van der Waals surface area contributed by atoms with E-state index in [0.29, 0.717) is 13.0 Å². The summed E-state index contributed by atoms with van der Waals surface area (Å²) < 4.78 is 25.3. The van der Waals surface area contributed by atoms with Crippen molar-refractivity contribution in [3.05, 3.63) is 0 Å². The zero-order valence-electron chi connectivity index (χ0n) is 8.73. The molecule has 1 rings (SSSR count). The minimum absolute atomic E-state index is 0.0585. The van der Waals surface area contributed by atoms with Crippen molar-refractivity contribution in [1.82, 2.24) is 4.72 Å². The average Bonchev–Trinajstić information content (AvgIpc) is 2.95. The van der Waals surface area contributed by atoms with Gasteiger partial charge in [-0.15, -0.1) is 0 Å². The molecule has 0 aromatic carbocycles. The van der Waals surface area contributed by atoms with Crippen LogP contribution in [0.1, 0.15) is 26.2 Å². The van der Waals surface area contributed by atoms with Crippen LogP contribution >= 0.6 is 0 Å². The second-order valence-corrected chi connectivity index (χ2v) is 6.20. The molecule has 2 N–H and O–H groups in total. The van der Waals surface area contributed by atoms with Crippen LogP contribution < -0.4 is 4.72 Å². The number of nitrogens with zero attached hydrogens (tertiary/aromatic N) is 1. The fourth-order valence-electron chi connectivity index (χ4n) is 1.38. The van der Waals surface area contributed by atoms with E-state index in [1.807, 2.05) is 0 Å². The first-order chi connectivity index (χ1) is 6.96. The van der Waals surface area contributed by atoms with Gasteiger partial charge in [0.05, 0.1) is 6.07 Å². The number of aliphatic hydroxyl groups is 1. The molecule has 0 aliphatic heterocycles. The first-order valence-corrected chi connectivity index (χ1v) is 6.49. The molecule has 1 aliphatic rings. The molecule has 0 spiro atoms. The summed E-state index contributed by atoms with van der Waals surface area (Å²) in [5.41, 5.74) is -0.0585. The first kappa shape index (κ1) is 12.4. The second-order valence-electron chi connectivity index (χ2n) is 4.11. The fourth-order valence-corrected chi connectivity index (χ4v) is 2.27. The Morgan fingerprint density at radius 1 is 1.60 bits per heavy atom. The molecule has 0 radical (unpaired) electrons.